The highest BCUT2D eigenvalue weighted by Gasteiger charge is 2.10. The largest absolute Gasteiger partial charge is 0.493 e. The predicted molar refractivity (Wildman–Crippen MR) is 76.9 cm³/mol. The Bertz CT molecular complexity index is 434. The van der Waals surface area contributed by atoms with E-state index >= 15 is 0 Å². The third-order valence-corrected chi connectivity index (χ3v) is 2.90. The van der Waals surface area contributed by atoms with E-state index in [1.165, 1.54) is 7.11 Å². The molecule has 5 heteroatoms. The van der Waals surface area contributed by atoms with Gasteiger partial charge in [-0.2, -0.15) is 0 Å². The quantitative estimate of drug-likeness (QED) is 0.763. The molecule has 0 bridgehead atoms. The molecule has 1 amide bonds. The van der Waals surface area contributed by atoms with Crippen LogP contribution in [0.1, 0.15) is 32.3 Å². The second-order valence-corrected chi connectivity index (χ2v) is 4.69. The lowest BCUT2D eigenvalue weighted by atomic mass is 10.2. The minimum absolute atomic E-state index is 0.0527. The Labute approximate surface area is 119 Å². The van der Waals surface area contributed by atoms with Crippen molar-refractivity contribution in [2.45, 2.75) is 39.3 Å². The topological polar surface area (TPSA) is 67.8 Å². The Morgan fingerprint density at radius 2 is 2.15 bits per heavy atom. The van der Waals surface area contributed by atoms with Gasteiger partial charge in [-0.05, 0) is 31.0 Å². The van der Waals surface area contributed by atoms with E-state index in [9.17, 15) is 4.79 Å². The number of carbonyl (C=O) groups is 1. The van der Waals surface area contributed by atoms with Crippen LogP contribution < -0.4 is 14.8 Å². The van der Waals surface area contributed by atoms with Crippen LogP contribution in [0.4, 0.5) is 0 Å². The van der Waals surface area contributed by atoms with Gasteiger partial charge in [0.25, 0.3) is 5.91 Å². The van der Waals surface area contributed by atoms with Crippen molar-refractivity contribution in [3.8, 4) is 11.5 Å². The van der Waals surface area contributed by atoms with E-state index in [2.05, 4.69) is 12.2 Å². The van der Waals surface area contributed by atoms with Gasteiger partial charge in [0, 0.05) is 6.04 Å². The van der Waals surface area contributed by atoms with E-state index in [-0.39, 0.29) is 25.2 Å². The summed E-state index contributed by atoms with van der Waals surface area (Å²) in [5, 5.41) is 11.9. The first-order valence-electron chi connectivity index (χ1n) is 6.80. The molecule has 0 aliphatic rings. The maximum atomic E-state index is 11.7. The summed E-state index contributed by atoms with van der Waals surface area (Å²) in [6.45, 7) is 3.93. The SMILES string of the molecule is CCC[C@H](C)NC(=O)COc1ccc(CO)cc1OC. The van der Waals surface area contributed by atoms with Gasteiger partial charge in [-0.15, -0.1) is 0 Å². The van der Waals surface area contributed by atoms with Gasteiger partial charge in [-0.3, -0.25) is 4.79 Å². The third-order valence-electron chi connectivity index (χ3n) is 2.90. The van der Waals surface area contributed by atoms with Crippen molar-refractivity contribution >= 4 is 5.91 Å². The molecule has 0 fully saturated rings. The van der Waals surface area contributed by atoms with Gasteiger partial charge < -0.3 is 19.9 Å². The lowest BCUT2D eigenvalue weighted by Crippen LogP contribution is -2.35. The number of hydrogen-bond donors (Lipinski definition) is 2. The molecule has 112 valence electrons. The zero-order valence-electron chi connectivity index (χ0n) is 12.3. The van der Waals surface area contributed by atoms with E-state index in [0.29, 0.717) is 11.5 Å². The summed E-state index contributed by atoms with van der Waals surface area (Å²) in [6, 6.07) is 5.25. The highest BCUT2D eigenvalue weighted by Crippen LogP contribution is 2.27. The normalized spacial score (nSPS) is 11.8. The standard InChI is InChI=1S/C15H23NO4/c1-4-5-11(2)16-15(18)10-20-13-7-6-12(9-17)8-14(13)19-3/h6-8,11,17H,4-5,9-10H2,1-3H3,(H,16,18)/t11-/m0/s1. The molecule has 1 atom stereocenters. The van der Waals surface area contributed by atoms with Crippen LogP contribution in [0, 0.1) is 0 Å². The van der Waals surface area contributed by atoms with Crippen molar-refractivity contribution in [3.63, 3.8) is 0 Å². The molecule has 0 aliphatic carbocycles. The van der Waals surface area contributed by atoms with Crippen molar-refractivity contribution in [1.29, 1.82) is 0 Å². The molecule has 1 aromatic rings. The summed E-state index contributed by atoms with van der Waals surface area (Å²) in [5.74, 6) is 0.841. The first-order valence-corrected chi connectivity index (χ1v) is 6.80. The Hall–Kier alpha value is -1.75. The highest BCUT2D eigenvalue weighted by molar-refractivity contribution is 5.77. The first-order chi connectivity index (χ1) is 9.60. The van der Waals surface area contributed by atoms with Crippen molar-refractivity contribution in [3.05, 3.63) is 23.8 Å². The number of nitrogens with one attached hydrogen (secondary N) is 1. The molecule has 0 unspecified atom stereocenters. The van der Waals surface area contributed by atoms with Gasteiger partial charge in [-0.1, -0.05) is 19.4 Å². The maximum absolute atomic E-state index is 11.7. The molecule has 0 aliphatic heterocycles. The van der Waals surface area contributed by atoms with E-state index in [1.54, 1.807) is 18.2 Å². The van der Waals surface area contributed by atoms with Gasteiger partial charge in [0.15, 0.2) is 18.1 Å². The minimum Gasteiger partial charge on any atom is -0.493 e. The summed E-state index contributed by atoms with van der Waals surface area (Å²) < 4.78 is 10.6. The average Bonchev–Trinajstić information content (AvgIpc) is 2.45. The maximum Gasteiger partial charge on any atom is 0.258 e. The molecule has 0 radical (unpaired) electrons. The highest BCUT2D eigenvalue weighted by atomic mass is 16.5. The molecule has 1 aromatic carbocycles. The van der Waals surface area contributed by atoms with Crippen LogP contribution in [-0.4, -0.2) is 30.8 Å². The van der Waals surface area contributed by atoms with Crippen molar-refractivity contribution in [2.75, 3.05) is 13.7 Å². The van der Waals surface area contributed by atoms with Crippen molar-refractivity contribution in [2.24, 2.45) is 0 Å². The van der Waals surface area contributed by atoms with Crippen LogP contribution in [0.3, 0.4) is 0 Å². The fourth-order valence-electron chi connectivity index (χ4n) is 1.89. The Balaban J connectivity index is 2.54. The number of carbonyl (C=O) groups excluding carboxylic acids is 1. The van der Waals surface area contributed by atoms with E-state index < -0.39 is 0 Å². The molecular weight excluding hydrogens is 258 g/mol. The molecule has 0 saturated heterocycles. The summed E-state index contributed by atoms with van der Waals surface area (Å²) >= 11 is 0. The number of amides is 1. The fraction of sp³-hybridized carbons (Fsp3) is 0.533. The second kappa shape index (κ2) is 8.43. The molecule has 5 nitrogen and oxygen atoms in total. The number of aliphatic hydroxyl groups excluding tert-OH is 1. The van der Waals surface area contributed by atoms with Gasteiger partial charge in [0.2, 0.25) is 0 Å². The van der Waals surface area contributed by atoms with Crippen LogP contribution in [0.5, 0.6) is 11.5 Å². The Kier molecular flexibility index (Phi) is 6.87. The second-order valence-electron chi connectivity index (χ2n) is 4.69. The zero-order chi connectivity index (χ0) is 15.0. The summed E-state index contributed by atoms with van der Waals surface area (Å²) in [7, 11) is 1.52. The lowest BCUT2D eigenvalue weighted by molar-refractivity contribution is -0.123. The Morgan fingerprint density at radius 3 is 2.75 bits per heavy atom. The number of aliphatic hydroxyl groups is 1. The van der Waals surface area contributed by atoms with Gasteiger partial charge in [0.1, 0.15) is 0 Å². The van der Waals surface area contributed by atoms with Gasteiger partial charge in [0.05, 0.1) is 13.7 Å². The lowest BCUT2D eigenvalue weighted by Gasteiger charge is -2.14. The fourth-order valence-corrected chi connectivity index (χ4v) is 1.89. The number of ether oxygens (including phenoxy) is 2. The van der Waals surface area contributed by atoms with Crippen molar-refractivity contribution in [1.82, 2.24) is 5.32 Å². The van der Waals surface area contributed by atoms with Gasteiger partial charge in [-0.25, -0.2) is 0 Å². The first kappa shape index (κ1) is 16.3. The van der Waals surface area contributed by atoms with E-state index in [0.717, 1.165) is 18.4 Å². The molecule has 1 rings (SSSR count). The van der Waals surface area contributed by atoms with E-state index in [4.69, 9.17) is 14.6 Å². The number of rotatable bonds is 8. The molecule has 0 heterocycles. The van der Waals surface area contributed by atoms with Crippen LogP contribution in [0.25, 0.3) is 0 Å². The van der Waals surface area contributed by atoms with E-state index in [1.807, 2.05) is 6.92 Å². The zero-order valence-corrected chi connectivity index (χ0v) is 12.3. The van der Waals surface area contributed by atoms with Crippen LogP contribution in [0.2, 0.25) is 0 Å². The molecule has 0 spiro atoms. The molecule has 2 N–H and O–H groups in total. The Morgan fingerprint density at radius 1 is 1.40 bits per heavy atom. The summed E-state index contributed by atoms with van der Waals surface area (Å²) in [5.41, 5.74) is 0.732. The summed E-state index contributed by atoms with van der Waals surface area (Å²) in [4.78, 5) is 11.7. The predicted octanol–water partition coefficient (Wildman–Crippen LogP) is 1.87. The number of methoxy groups -OCH3 is 1. The average molecular weight is 281 g/mol. The molecular formula is C15H23NO4. The molecule has 20 heavy (non-hydrogen) atoms. The third kappa shape index (κ3) is 5.09. The monoisotopic (exact) mass is 281 g/mol. The van der Waals surface area contributed by atoms with Crippen molar-refractivity contribution < 1.29 is 19.4 Å². The minimum atomic E-state index is -0.153. The number of benzene rings is 1. The van der Waals surface area contributed by atoms with Crippen LogP contribution >= 0.6 is 0 Å². The summed E-state index contributed by atoms with van der Waals surface area (Å²) in [6.07, 6.45) is 1.97. The van der Waals surface area contributed by atoms with Crippen LogP contribution in [0.15, 0.2) is 18.2 Å². The molecule has 0 saturated carbocycles. The van der Waals surface area contributed by atoms with Gasteiger partial charge >= 0.3 is 0 Å². The smallest absolute Gasteiger partial charge is 0.258 e. The number of hydrogen-bond acceptors (Lipinski definition) is 4. The van der Waals surface area contributed by atoms with Crippen LogP contribution in [-0.2, 0) is 11.4 Å². The molecule has 0 aromatic heterocycles.